The molecule has 370 valence electrons. The van der Waals surface area contributed by atoms with Crippen LogP contribution in [0, 0.1) is 0 Å². The van der Waals surface area contributed by atoms with Crippen molar-refractivity contribution in [2.75, 3.05) is 13.2 Å². The summed E-state index contributed by atoms with van der Waals surface area (Å²) in [5, 5.41) is 0. The molecule has 0 fully saturated rings. The van der Waals surface area contributed by atoms with E-state index in [0.717, 1.165) is 64.2 Å². The third-order valence-electron chi connectivity index (χ3n) is 11.8. The first kappa shape index (κ1) is 61.1. The van der Waals surface area contributed by atoms with E-state index in [4.69, 9.17) is 14.2 Å². The normalized spacial score (nSPS) is 12.5. The molecule has 1 atom stereocenters. The molecule has 0 aromatic heterocycles. The predicted molar refractivity (Wildman–Crippen MR) is 275 cm³/mol. The number of rotatable bonds is 49. The zero-order valence-electron chi connectivity index (χ0n) is 42.3. The number of hydrogen-bond donors (Lipinski definition) is 0. The number of unbranched alkanes of at least 4 members (excludes halogenated alkanes) is 28. The molecule has 6 heteroatoms. The molecule has 0 amide bonds. The Bertz CT molecular complexity index is 1170. The van der Waals surface area contributed by atoms with Gasteiger partial charge in [0.1, 0.15) is 13.2 Å². The quantitative estimate of drug-likeness (QED) is 0.0262. The van der Waals surface area contributed by atoms with Crippen LogP contribution in [0.15, 0.2) is 60.8 Å². The lowest BCUT2D eigenvalue weighted by Gasteiger charge is -2.18. The molecule has 0 aliphatic rings. The topological polar surface area (TPSA) is 78.9 Å². The second kappa shape index (κ2) is 52.7. The minimum Gasteiger partial charge on any atom is -0.462 e. The third kappa shape index (κ3) is 50.1. The number of esters is 3. The van der Waals surface area contributed by atoms with Crippen molar-refractivity contribution in [3.63, 3.8) is 0 Å². The first-order valence-corrected chi connectivity index (χ1v) is 27.3. The minimum atomic E-state index is -0.802. The van der Waals surface area contributed by atoms with Gasteiger partial charge >= 0.3 is 17.9 Å². The van der Waals surface area contributed by atoms with Crippen molar-refractivity contribution in [2.24, 2.45) is 0 Å². The molecular formula is C58H102O6. The Kier molecular flexibility index (Phi) is 50.4. The van der Waals surface area contributed by atoms with Crippen LogP contribution in [0.3, 0.4) is 0 Å². The summed E-state index contributed by atoms with van der Waals surface area (Å²) in [5.41, 5.74) is 0. The second-order valence-electron chi connectivity index (χ2n) is 18.1. The van der Waals surface area contributed by atoms with E-state index in [1.54, 1.807) is 0 Å². The number of ether oxygens (including phenoxy) is 3. The van der Waals surface area contributed by atoms with Gasteiger partial charge in [-0.15, -0.1) is 0 Å². The lowest BCUT2D eigenvalue weighted by atomic mass is 10.0. The second-order valence-corrected chi connectivity index (χ2v) is 18.1. The molecule has 0 heterocycles. The average Bonchev–Trinajstić information content (AvgIpc) is 3.29. The van der Waals surface area contributed by atoms with Crippen LogP contribution in [-0.2, 0) is 28.6 Å². The third-order valence-corrected chi connectivity index (χ3v) is 11.8. The van der Waals surface area contributed by atoms with Crippen LogP contribution in [0.5, 0.6) is 0 Å². The van der Waals surface area contributed by atoms with Crippen LogP contribution in [-0.4, -0.2) is 37.2 Å². The molecule has 0 aromatic carbocycles. The number of carbonyl (C=O) groups is 3. The monoisotopic (exact) mass is 895 g/mol. The molecule has 0 spiro atoms. The maximum absolute atomic E-state index is 12.8. The molecule has 6 nitrogen and oxygen atoms in total. The van der Waals surface area contributed by atoms with Gasteiger partial charge in [-0.3, -0.25) is 14.4 Å². The molecule has 64 heavy (non-hydrogen) atoms. The fraction of sp³-hybridized carbons (Fsp3) is 0.776. The molecule has 0 radical (unpaired) electrons. The van der Waals surface area contributed by atoms with Crippen molar-refractivity contribution in [1.29, 1.82) is 0 Å². The minimum absolute atomic E-state index is 0.0961. The van der Waals surface area contributed by atoms with Gasteiger partial charge in [-0.1, -0.05) is 242 Å². The average molecular weight is 895 g/mol. The summed E-state index contributed by atoms with van der Waals surface area (Å²) >= 11 is 0. The van der Waals surface area contributed by atoms with Crippen LogP contribution in [0.1, 0.15) is 271 Å². The van der Waals surface area contributed by atoms with E-state index in [2.05, 4.69) is 75.5 Å². The Morgan fingerprint density at radius 2 is 0.641 bits per heavy atom. The van der Waals surface area contributed by atoms with Gasteiger partial charge in [0.2, 0.25) is 0 Å². The fourth-order valence-electron chi connectivity index (χ4n) is 7.69. The molecule has 0 saturated carbocycles. The van der Waals surface area contributed by atoms with Gasteiger partial charge in [0.05, 0.1) is 0 Å². The van der Waals surface area contributed by atoms with Gasteiger partial charge in [-0.25, -0.2) is 0 Å². The van der Waals surface area contributed by atoms with Crippen LogP contribution in [0.25, 0.3) is 0 Å². The van der Waals surface area contributed by atoms with Crippen molar-refractivity contribution in [1.82, 2.24) is 0 Å². The summed E-state index contributed by atoms with van der Waals surface area (Å²) in [4.78, 5) is 38.0. The van der Waals surface area contributed by atoms with Gasteiger partial charge in [0.15, 0.2) is 6.10 Å². The van der Waals surface area contributed by atoms with Gasteiger partial charge < -0.3 is 14.2 Å². The lowest BCUT2D eigenvalue weighted by molar-refractivity contribution is -0.166. The highest BCUT2D eigenvalue weighted by Crippen LogP contribution is 2.16. The van der Waals surface area contributed by atoms with Crippen molar-refractivity contribution < 1.29 is 28.6 Å². The van der Waals surface area contributed by atoms with E-state index in [0.29, 0.717) is 19.3 Å². The molecule has 0 N–H and O–H groups in total. The molecular weight excluding hydrogens is 793 g/mol. The summed E-state index contributed by atoms with van der Waals surface area (Å²) in [6.45, 7) is 6.47. The lowest BCUT2D eigenvalue weighted by Crippen LogP contribution is -2.30. The first-order valence-electron chi connectivity index (χ1n) is 27.3. The van der Waals surface area contributed by atoms with E-state index in [-0.39, 0.29) is 37.5 Å². The number of carbonyl (C=O) groups excluding carboxylic acids is 3. The van der Waals surface area contributed by atoms with Crippen LogP contribution in [0.4, 0.5) is 0 Å². The summed E-state index contributed by atoms with van der Waals surface area (Å²) in [7, 11) is 0. The summed E-state index contributed by atoms with van der Waals surface area (Å²) in [5.74, 6) is -0.976. The van der Waals surface area contributed by atoms with Crippen LogP contribution in [0.2, 0.25) is 0 Å². The SMILES string of the molecule is CC/C=C\C/C=C\C/C=C\C/C=C\CCC(=O)OCC(COC(=O)CCCCCCCCC/C=C\CCCCCCCC)OC(=O)CCCCCCCCCCCCCCCCCC. The Balaban J connectivity index is 4.42. The smallest absolute Gasteiger partial charge is 0.306 e. The van der Waals surface area contributed by atoms with Crippen molar-refractivity contribution in [2.45, 2.75) is 277 Å². The molecule has 0 aliphatic heterocycles. The van der Waals surface area contributed by atoms with Gasteiger partial charge in [0.25, 0.3) is 0 Å². The first-order chi connectivity index (χ1) is 31.5. The Labute approximate surface area is 396 Å². The zero-order valence-corrected chi connectivity index (χ0v) is 42.3. The van der Waals surface area contributed by atoms with Crippen molar-refractivity contribution in [3.05, 3.63) is 60.8 Å². The molecule has 0 aromatic rings. The number of allylic oxidation sites excluding steroid dienone is 10. The molecule has 0 bridgehead atoms. The Morgan fingerprint density at radius 1 is 0.328 bits per heavy atom. The van der Waals surface area contributed by atoms with E-state index in [9.17, 15) is 14.4 Å². The fourth-order valence-corrected chi connectivity index (χ4v) is 7.69. The largest absolute Gasteiger partial charge is 0.462 e. The van der Waals surface area contributed by atoms with Gasteiger partial charge in [-0.05, 0) is 70.6 Å². The zero-order chi connectivity index (χ0) is 46.5. The van der Waals surface area contributed by atoms with E-state index in [1.807, 2.05) is 6.08 Å². The van der Waals surface area contributed by atoms with Crippen LogP contribution >= 0.6 is 0 Å². The highest BCUT2D eigenvalue weighted by atomic mass is 16.6. The highest BCUT2D eigenvalue weighted by molar-refractivity contribution is 5.71. The number of hydrogen-bond acceptors (Lipinski definition) is 6. The molecule has 0 saturated heterocycles. The molecule has 0 aliphatic carbocycles. The Morgan fingerprint density at radius 3 is 1.05 bits per heavy atom. The maximum atomic E-state index is 12.8. The van der Waals surface area contributed by atoms with E-state index < -0.39 is 6.10 Å². The standard InChI is InChI=1S/C58H102O6/c1-4-7-10-13-16-19-22-25-27-29-31-33-36-39-42-45-48-51-57(60)63-54-55(53-62-56(59)50-47-44-41-38-35-32-24-21-18-15-12-9-6-3)64-58(61)52-49-46-43-40-37-34-30-28-26-23-20-17-14-11-8-5-2/h9,12,18,21,25,27,32,35,41,44,55H,4-8,10-11,13-17,19-20,22-24,26,28-31,33-34,36-40,42-43,45-54H2,1-3H3/b12-9-,21-18-,27-25-,35-32-,44-41-. The van der Waals surface area contributed by atoms with Gasteiger partial charge in [0, 0.05) is 19.3 Å². The Hall–Kier alpha value is -2.89. The predicted octanol–water partition coefficient (Wildman–Crippen LogP) is 18.0. The van der Waals surface area contributed by atoms with Crippen LogP contribution < -0.4 is 0 Å². The van der Waals surface area contributed by atoms with Crippen molar-refractivity contribution >= 4 is 17.9 Å². The summed E-state index contributed by atoms with van der Waals surface area (Å²) in [6, 6.07) is 0. The molecule has 1 unspecified atom stereocenters. The van der Waals surface area contributed by atoms with Gasteiger partial charge in [-0.2, -0.15) is 0 Å². The maximum Gasteiger partial charge on any atom is 0.306 e. The van der Waals surface area contributed by atoms with Crippen molar-refractivity contribution in [3.8, 4) is 0 Å². The summed E-state index contributed by atoms with van der Waals surface area (Å²) < 4.78 is 16.8. The highest BCUT2D eigenvalue weighted by Gasteiger charge is 2.19. The summed E-state index contributed by atoms with van der Waals surface area (Å²) in [6.07, 6.45) is 65.1. The van der Waals surface area contributed by atoms with E-state index >= 15 is 0 Å². The van der Waals surface area contributed by atoms with E-state index in [1.165, 1.54) is 161 Å². The molecule has 0 rings (SSSR count).